The predicted octanol–water partition coefficient (Wildman–Crippen LogP) is 3.61. The Bertz CT molecular complexity index is 1730. The van der Waals surface area contributed by atoms with Gasteiger partial charge in [0.15, 0.2) is 0 Å². The first-order valence-corrected chi connectivity index (χ1v) is 15.5. The molecular formula is C28H28F2N6O5S. The Morgan fingerprint density at radius 3 is 2.40 bits per heavy atom. The Hall–Kier alpha value is -3.88. The second-order valence-corrected chi connectivity index (χ2v) is 12.4. The van der Waals surface area contributed by atoms with E-state index in [0.29, 0.717) is 50.8 Å². The van der Waals surface area contributed by atoms with Crippen LogP contribution in [0, 0.1) is 0 Å². The van der Waals surface area contributed by atoms with Crippen LogP contribution in [-0.2, 0) is 25.9 Å². The lowest BCUT2D eigenvalue weighted by Crippen LogP contribution is -2.60. The van der Waals surface area contributed by atoms with Crippen molar-refractivity contribution in [2.45, 2.75) is 37.6 Å². The summed E-state index contributed by atoms with van der Waals surface area (Å²) in [6.07, 6.45) is 5.71. The number of nitrogens with one attached hydrogen (secondary N) is 1. The van der Waals surface area contributed by atoms with Gasteiger partial charge in [0.1, 0.15) is 11.6 Å². The molecule has 3 aliphatic heterocycles. The first-order valence-electron chi connectivity index (χ1n) is 13.6. The molecule has 5 heterocycles. The number of morpholine rings is 2. The summed E-state index contributed by atoms with van der Waals surface area (Å²) in [5.41, 5.74) is 3.71. The third kappa shape index (κ3) is 4.92. The molecule has 14 heteroatoms. The summed E-state index contributed by atoms with van der Waals surface area (Å²) in [4.78, 5) is 16.3. The van der Waals surface area contributed by atoms with Crippen LogP contribution in [0.1, 0.15) is 23.9 Å². The summed E-state index contributed by atoms with van der Waals surface area (Å²) < 4.78 is 71.8. The van der Waals surface area contributed by atoms with E-state index in [1.807, 2.05) is 22.8 Å². The lowest BCUT2D eigenvalue weighted by Gasteiger charge is -2.45. The first kappa shape index (κ1) is 27.0. The second kappa shape index (κ2) is 10.4. The van der Waals surface area contributed by atoms with Crippen LogP contribution >= 0.6 is 0 Å². The van der Waals surface area contributed by atoms with Crippen LogP contribution in [0.2, 0.25) is 0 Å². The van der Waals surface area contributed by atoms with Gasteiger partial charge in [0.25, 0.3) is 0 Å². The van der Waals surface area contributed by atoms with Gasteiger partial charge in [-0.05, 0) is 36.2 Å². The zero-order chi connectivity index (χ0) is 29.0. The van der Waals surface area contributed by atoms with E-state index in [1.165, 1.54) is 12.1 Å². The summed E-state index contributed by atoms with van der Waals surface area (Å²) in [5.74, 6) is 1.32. The van der Waals surface area contributed by atoms with Crippen LogP contribution in [-0.4, -0.2) is 79.3 Å². The van der Waals surface area contributed by atoms with Gasteiger partial charge in [-0.2, -0.15) is 8.78 Å². The number of aryl methyl sites for hydroxylation is 1. The highest BCUT2D eigenvalue weighted by molar-refractivity contribution is 7.92. The molecule has 11 nitrogen and oxygen atoms in total. The lowest BCUT2D eigenvalue weighted by atomic mass is 10.0. The highest BCUT2D eigenvalue weighted by Gasteiger charge is 2.37. The zero-order valence-electron chi connectivity index (χ0n) is 22.6. The van der Waals surface area contributed by atoms with Gasteiger partial charge in [-0.3, -0.25) is 4.72 Å². The van der Waals surface area contributed by atoms with Gasteiger partial charge in [0, 0.05) is 29.9 Å². The number of hydrogen-bond acceptors (Lipinski definition) is 9. The maximum Gasteiger partial charge on any atom is 0.387 e. The Balaban J connectivity index is 1.26. The van der Waals surface area contributed by atoms with Crippen LogP contribution in [0.4, 0.5) is 20.4 Å². The number of aromatic nitrogens is 4. The summed E-state index contributed by atoms with van der Waals surface area (Å²) in [7, 11) is -3.69. The number of anilines is 2. The molecule has 0 amide bonds. The van der Waals surface area contributed by atoms with Gasteiger partial charge in [0.05, 0.1) is 67.5 Å². The third-order valence-electron chi connectivity index (χ3n) is 7.86. The van der Waals surface area contributed by atoms with Crippen molar-refractivity contribution >= 4 is 32.7 Å². The molecule has 2 fully saturated rings. The maximum atomic E-state index is 13.4. The Morgan fingerprint density at radius 2 is 1.74 bits per heavy atom. The van der Waals surface area contributed by atoms with Gasteiger partial charge in [0.2, 0.25) is 16.0 Å². The summed E-state index contributed by atoms with van der Waals surface area (Å²) in [5, 5.41) is 0. The summed E-state index contributed by atoms with van der Waals surface area (Å²) >= 11 is 0. The molecule has 2 bridgehead atoms. The van der Waals surface area contributed by atoms with E-state index in [0.717, 1.165) is 34.2 Å². The van der Waals surface area contributed by atoms with Gasteiger partial charge in [-0.15, -0.1) is 0 Å². The van der Waals surface area contributed by atoms with Crippen molar-refractivity contribution in [3.8, 4) is 16.9 Å². The molecule has 0 unspecified atom stereocenters. The van der Waals surface area contributed by atoms with Gasteiger partial charge < -0.3 is 23.7 Å². The predicted molar refractivity (Wildman–Crippen MR) is 150 cm³/mol. The highest BCUT2D eigenvalue weighted by atomic mass is 32.2. The van der Waals surface area contributed by atoms with Gasteiger partial charge in [-0.25, -0.2) is 23.4 Å². The highest BCUT2D eigenvalue weighted by Crippen LogP contribution is 2.44. The second-order valence-electron chi connectivity index (χ2n) is 10.7. The molecule has 7 rings (SSSR count). The van der Waals surface area contributed by atoms with E-state index in [4.69, 9.17) is 19.2 Å². The van der Waals surface area contributed by atoms with E-state index >= 15 is 0 Å². The number of halogens is 2. The fourth-order valence-electron chi connectivity index (χ4n) is 6.22. The molecular weight excluding hydrogens is 570 g/mol. The van der Waals surface area contributed by atoms with Crippen molar-refractivity contribution in [3.63, 3.8) is 0 Å². The molecule has 0 radical (unpaired) electrons. The molecule has 2 saturated heterocycles. The van der Waals surface area contributed by atoms with Crippen molar-refractivity contribution in [3.05, 3.63) is 60.2 Å². The molecule has 4 aromatic rings. The number of rotatable bonds is 7. The maximum absolute atomic E-state index is 13.4. The molecule has 2 aromatic carbocycles. The average molecular weight is 599 g/mol. The lowest BCUT2D eigenvalue weighted by molar-refractivity contribution is -0.0506. The fraction of sp³-hybridized carbons (Fsp3) is 0.393. The normalized spacial score (nSPS) is 22.0. The molecule has 3 aliphatic rings. The SMILES string of the molecule is CS(=O)(=O)Nc1cccc(OC(F)F)c1[C@H]1CCc2nc3ccc(-c4cnc(N5C6COCC5COC6)nc4)cc3n21. The van der Waals surface area contributed by atoms with Crippen LogP contribution in [0.5, 0.6) is 5.75 Å². The monoisotopic (exact) mass is 598 g/mol. The number of nitrogens with zero attached hydrogens (tertiary/aromatic N) is 5. The molecule has 42 heavy (non-hydrogen) atoms. The van der Waals surface area contributed by atoms with E-state index in [1.54, 1.807) is 18.5 Å². The zero-order valence-corrected chi connectivity index (χ0v) is 23.4. The number of imidazole rings is 1. The van der Waals surface area contributed by atoms with Crippen molar-refractivity contribution in [1.29, 1.82) is 0 Å². The number of fused-ring (bicyclic) bond motifs is 5. The quantitative estimate of drug-likeness (QED) is 0.340. The van der Waals surface area contributed by atoms with Crippen molar-refractivity contribution < 1.29 is 31.4 Å². The molecule has 0 aliphatic carbocycles. The van der Waals surface area contributed by atoms with Crippen molar-refractivity contribution in [2.75, 3.05) is 42.3 Å². The minimum atomic E-state index is -3.69. The minimum absolute atomic E-state index is 0.0741. The molecule has 1 N–H and O–H groups in total. The summed E-state index contributed by atoms with van der Waals surface area (Å²) in [6.45, 7) is -0.800. The van der Waals surface area contributed by atoms with Crippen LogP contribution in [0.15, 0.2) is 48.8 Å². The van der Waals surface area contributed by atoms with E-state index in [-0.39, 0.29) is 23.5 Å². The molecule has 0 spiro atoms. The average Bonchev–Trinajstić information content (AvgIpc) is 3.51. The molecule has 220 valence electrons. The molecule has 2 aromatic heterocycles. The standard InChI is InChI=1S/C28H28F2N6O5S/c1-42(37,38)34-21-3-2-4-24(41-27(29)30)26(21)22-7-8-25-33-20-6-5-16(9-23(20)36(22)25)17-10-31-28(32-11-17)35-18-12-39-14-19(35)15-40-13-18/h2-6,9-11,18-19,22,27,34H,7-8,12-15H2,1H3/t18?,19?,22-/m1/s1. The van der Waals surface area contributed by atoms with Gasteiger partial charge >= 0.3 is 6.61 Å². The van der Waals surface area contributed by atoms with E-state index in [9.17, 15) is 17.2 Å². The van der Waals surface area contributed by atoms with Crippen molar-refractivity contribution in [2.24, 2.45) is 0 Å². The smallest absolute Gasteiger partial charge is 0.387 e. The Kier molecular flexibility index (Phi) is 6.71. The van der Waals surface area contributed by atoms with Crippen molar-refractivity contribution in [1.82, 2.24) is 19.5 Å². The number of hydrogen-bond donors (Lipinski definition) is 1. The van der Waals surface area contributed by atoms with E-state index in [2.05, 4.69) is 19.6 Å². The number of sulfonamides is 1. The minimum Gasteiger partial charge on any atom is -0.434 e. The Labute approximate surface area is 240 Å². The molecule has 1 atom stereocenters. The first-order chi connectivity index (χ1) is 20.2. The van der Waals surface area contributed by atoms with Crippen LogP contribution in [0.3, 0.4) is 0 Å². The number of benzene rings is 2. The van der Waals surface area contributed by atoms with E-state index < -0.39 is 22.7 Å². The fourth-order valence-corrected chi connectivity index (χ4v) is 6.79. The topological polar surface area (TPSA) is 121 Å². The third-order valence-corrected chi connectivity index (χ3v) is 8.45. The van der Waals surface area contributed by atoms with Crippen LogP contribution < -0.4 is 14.4 Å². The largest absolute Gasteiger partial charge is 0.434 e. The number of alkyl halides is 2. The molecule has 0 saturated carbocycles. The van der Waals surface area contributed by atoms with Crippen LogP contribution in [0.25, 0.3) is 22.2 Å². The van der Waals surface area contributed by atoms with Gasteiger partial charge in [-0.1, -0.05) is 12.1 Å². The Morgan fingerprint density at radius 1 is 1.02 bits per heavy atom. The number of ether oxygens (including phenoxy) is 3. The summed E-state index contributed by atoms with van der Waals surface area (Å²) in [6, 6.07) is 9.93.